The molecule has 138 valence electrons. The van der Waals surface area contributed by atoms with Crippen LogP contribution < -0.4 is 0 Å². The molecule has 3 aliphatic rings. The molecule has 3 fully saturated rings. The van der Waals surface area contributed by atoms with Crippen LogP contribution in [0.25, 0.3) is 0 Å². The number of likely N-dealkylation sites (tertiary alicyclic amines) is 2. The zero-order valence-corrected chi connectivity index (χ0v) is 15.7. The molecule has 4 rings (SSSR count). The van der Waals surface area contributed by atoms with Gasteiger partial charge in [0.1, 0.15) is 0 Å². The lowest BCUT2D eigenvalue weighted by Crippen LogP contribution is -2.55. The minimum absolute atomic E-state index is 0.457. The molecule has 1 atom stereocenters. The van der Waals surface area contributed by atoms with Gasteiger partial charge in [-0.1, -0.05) is 0 Å². The third-order valence-corrected chi connectivity index (χ3v) is 6.60. The summed E-state index contributed by atoms with van der Waals surface area (Å²) in [6, 6.07) is 4.96. The van der Waals surface area contributed by atoms with Gasteiger partial charge in [-0.25, -0.2) is 0 Å². The highest BCUT2D eigenvalue weighted by atomic mass is 16.5. The van der Waals surface area contributed by atoms with E-state index in [9.17, 15) is 0 Å². The third-order valence-electron chi connectivity index (χ3n) is 6.60. The molecular formula is C21H33N3O. The molecule has 0 radical (unpaired) electrons. The molecule has 0 unspecified atom stereocenters. The van der Waals surface area contributed by atoms with Crippen molar-refractivity contribution in [3.8, 4) is 0 Å². The van der Waals surface area contributed by atoms with Gasteiger partial charge in [0.2, 0.25) is 0 Å². The smallest absolute Gasteiger partial charge is 0.0621 e. The normalized spacial score (nSPS) is 27.2. The summed E-state index contributed by atoms with van der Waals surface area (Å²) in [5.74, 6) is 0.967. The van der Waals surface area contributed by atoms with Crippen LogP contribution in [-0.2, 0) is 11.3 Å². The van der Waals surface area contributed by atoms with E-state index < -0.39 is 0 Å². The molecule has 4 heteroatoms. The Labute approximate surface area is 152 Å². The van der Waals surface area contributed by atoms with E-state index in [1.54, 1.807) is 0 Å². The van der Waals surface area contributed by atoms with E-state index >= 15 is 0 Å². The Morgan fingerprint density at radius 2 is 1.88 bits per heavy atom. The average molecular weight is 344 g/mol. The van der Waals surface area contributed by atoms with Crippen LogP contribution in [0.15, 0.2) is 24.5 Å². The summed E-state index contributed by atoms with van der Waals surface area (Å²) >= 11 is 0. The van der Waals surface area contributed by atoms with Crippen LogP contribution >= 0.6 is 0 Å². The molecule has 25 heavy (non-hydrogen) atoms. The van der Waals surface area contributed by atoms with E-state index in [-0.39, 0.29) is 0 Å². The lowest BCUT2D eigenvalue weighted by Gasteiger charge is -2.47. The Hall–Kier alpha value is -0.970. The fourth-order valence-electron chi connectivity index (χ4n) is 4.88. The van der Waals surface area contributed by atoms with Crippen molar-refractivity contribution in [1.82, 2.24) is 14.8 Å². The molecule has 2 saturated heterocycles. The summed E-state index contributed by atoms with van der Waals surface area (Å²) < 4.78 is 5.83. The minimum atomic E-state index is 0.457. The topological polar surface area (TPSA) is 28.6 Å². The van der Waals surface area contributed by atoms with Gasteiger partial charge in [0.05, 0.1) is 6.61 Å². The van der Waals surface area contributed by atoms with Crippen LogP contribution in [0.2, 0.25) is 0 Å². The Bertz CT molecular complexity index is 537. The van der Waals surface area contributed by atoms with Gasteiger partial charge in [-0.2, -0.15) is 0 Å². The maximum atomic E-state index is 5.83. The van der Waals surface area contributed by atoms with Crippen molar-refractivity contribution in [1.29, 1.82) is 0 Å². The van der Waals surface area contributed by atoms with Crippen molar-refractivity contribution in [2.45, 2.75) is 63.6 Å². The number of aromatic nitrogens is 1. The average Bonchev–Trinajstić information content (AvgIpc) is 3.41. The highest BCUT2D eigenvalue weighted by Crippen LogP contribution is 2.44. The summed E-state index contributed by atoms with van der Waals surface area (Å²) in [6.07, 6.45) is 12.1. The van der Waals surface area contributed by atoms with E-state index in [4.69, 9.17) is 4.74 Å². The lowest BCUT2D eigenvalue weighted by molar-refractivity contribution is 0.000368. The highest BCUT2D eigenvalue weighted by molar-refractivity contribution is 5.10. The standard InChI is InChI=1S/C21H33N3O/c1-2-25-17-20-5-8-21(24(20)16-18-3-4-18)9-13-23(14-10-21)15-19-6-11-22-12-7-19/h6-7,11-12,18,20H,2-5,8-10,13-17H2,1H3/t20-/m0/s1. The fourth-order valence-corrected chi connectivity index (χ4v) is 4.88. The van der Waals surface area contributed by atoms with Crippen LogP contribution in [-0.4, -0.2) is 59.2 Å². The molecule has 1 aromatic heterocycles. The Morgan fingerprint density at radius 1 is 1.12 bits per heavy atom. The van der Waals surface area contributed by atoms with E-state index in [1.807, 2.05) is 12.4 Å². The molecule has 1 saturated carbocycles. The molecule has 0 bridgehead atoms. The van der Waals surface area contributed by atoms with Gasteiger partial charge in [0.15, 0.2) is 0 Å². The summed E-state index contributed by atoms with van der Waals surface area (Å²) in [5.41, 5.74) is 1.85. The third kappa shape index (κ3) is 4.07. The second-order valence-electron chi connectivity index (χ2n) is 8.30. The zero-order chi connectivity index (χ0) is 17.1. The van der Waals surface area contributed by atoms with Crippen molar-refractivity contribution < 1.29 is 4.74 Å². The number of hydrogen-bond donors (Lipinski definition) is 0. The number of pyridine rings is 1. The van der Waals surface area contributed by atoms with Gasteiger partial charge in [-0.05, 0) is 69.1 Å². The number of ether oxygens (including phenoxy) is 1. The first kappa shape index (κ1) is 17.4. The van der Waals surface area contributed by atoms with Crippen molar-refractivity contribution in [2.75, 3.05) is 32.8 Å². The molecule has 0 aromatic carbocycles. The van der Waals surface area contributed by atoms with Gasteiger partial charge < -0.3 is 4.74 Å². The van der Waals surface area contributed by atoms with E-state index in [0.29, 0.717) is 11.6 Å². The van der Waals surface area contributed by atoms with Crippen LogP contribution in [0.5, 0.6) is 0 Å². The maximum absolute atomic E-state index is 5.83. The number of piperidine rings is 1. The summed E-state index contributed by atoms with van der Waals surface area (Å²) in [5, 5.41) is 0. The molecule has 3 heterocycles. The SMILES string of the molecule is CCOC[C@@H]1CCC2(CCN(Cc3ccncc3)CC2)N1CC1CC1. The Balaban J connectivity index is 1.37. The molecule has 1 aromatic rings. The molecule has 1 aliphatic carbocycles. The molecule has 1 spiro atoms. The van der Waals surface area contributed by atoms with Crippen molar-refractivity contribution in [2.24, 2.45) is 5.92 Å². The zero-order valence-electron chi connectivity index (χ0n) is 15.7. The molecule has 0 amide bonds. The van der Waals surface area contributed by atoms with Gasteiger partial charge in [-0.15, -0.1) is 0 Å². The van der Waals surface area contributed by atoms with E-state index in [2.05, 4.69) is 33.8 Å². The summed E-state index contributed by atoms with van der Waals surface area (Å²) in [6.45, 7) is 8.75. The molecular weight excluding hydrogens is 310 g/mol. The monoisotopic (exact) mass is 343 g/mol. The van der Waals surface area contributed by atoms with Gasteiger partial charge in [0.25, 0.3) is 0 Å². The van der Waals surface area contributed by atoms with E-state index in [1.165, 1.54) is 63.7 Å². The van der Waals surface area contributed by atoms with Crippen molar-refractivity contribution in [3.05, 3.63) is 30.1 Å². The van der Waals surface area contributed by atoms with Crippen LogP contribution in [0.1, 0.15) is 51.0 Å². The van der Waals surface area contributed by atoms with Crippen LogP contribution in [0.4, 0.5) is 0 Å². The number of hydrogen-bond acceptors (Lipinski definition) is 4. The van der Waals surface area contributed by atoms with Crippen molar-refractivity contribution in [3.63, 3.8) is 0 Å². The second-order valence-corrected chi connectivity index (χ2v) is 8.30. The predicted molar refractivity (Wildman–Crippen MR) is 100 cm³/mol. The minimum Gasteiger partial charge on any atom is -0.380 e. The Kier molecular flexibility index (Phi) is 5.39. The first-order chi connectivity index (χ1) is 12.3. The summed E-state index contributed by atoms with van der Waals surface area (Å²) in [7, 11) is 0. The molecule has 0 N–H and O–H groups in total. The number of rotatable bonds is 7. The molecule has 4 nitrogen and oxygen atoms in total. The second kappa shape index (κ2) is 7.73. The fraction of sp³-hybridized carbons (Fsp3) is 0.762. The highest BCUT2D eigenvalue weighted by Gasteiger charge is 2.48. The Morgan fingerprint density at radius 3 is 2.56 bits per heavy atom. The van der Waals surface area contributed by atoms with Crippen molar-refractivity contribution >= 4 is 0 Å². The van der Waals surface area contributed by atoms with Gasteiger partial charge in [0, 0.05) is 56.8 Å². The quantitative estimate of drug-likeness (QED) is 0.759. The van der Waals surface area contributed by atoms with Crippen LogP contribution in [0, 0.1) is 5.92 Å². The molecule has 2 aliphatic heterocycles. The predicted octanol–water partition coefficient (Wildman–Crippen LogP) is 3.33. The van der Waals surface area contributed by atoms with E-state index in [0.717, 1.165) is 25.7 Å². The summed E-state index contributed by atoms with van der Waals surface area (Å²) in [4.78, 5) is 9.66. The number of nitrogens with zero attached hydrogens (tertiary/aromatic N) is 3. The van der Waals surface area contributed by atoms with Gasteiger partial charge in [-0.3, -0.25) is 14.8 Å². The largest absolute Gasteiger partial charge is 0.380 e. The van der Waals surface area contributed by atoms with Crippen LogP contribution in [0.3, 0.4) is 0 Å². The lowest BCUT2D eigenvalue weighted by atomic mass is 9.84. The first-order valence-corrected chi connectivity index (χ1v) is 10.2. The van der Waals surface area contributed by atoms with Gasteiger partial charge >= 0.3 is 0 Å². The first-order valence-electron chi connectivity index (χ1n) is 10.2. The maximum Gasteiger partial charge on any atom is 0.0621 e.